The Morgan fingerprint density at radius 1 is 1.11 bits per heavy atom. The first-order valence-electron chi connectivity index (χ1n) is 12.9. The molecule has 0 spiro atoms. The molecule has 0 bridgehead atoms. The number of carbonyl (C=O) groups is 2. The van der Waals surface area contributed by atoms with Gasteiger partial charge in [0.25, 0.3) is 0 Å². The molecule has 0 unspecified atom stereocenters. The number of nitrogens with one attached hydrogen (secondary N) is 2. The summed E-state index contributed by atoms with van der Waals surface area (Å²) in [7, 11) is 0. The summed E-state index contributed by atoms with van der Waals surface area (Å²) in [5, 5.41) is 7.82. The van der Waals surface area contributed by atoms with E-state index in [9.17, 15) is 22.8 Å². The molecule has 1 aliphatic carbocycles. The van der Waals surface area contributed by atoms with E-state index in [0.29, 0.717) is 23.0 Å². The lowest BCUT2D eigenvalue weighted by Gasteiger charge is -2.29. The molecule has 10 nitrogen and oxygen atoms in total. The average molecular weight is 551 g/mol. The van der Waals surface area contributed by atoms with Gasteiger partial charge in [-0.1, -0.05) is 32.6 Å². The van der Waals surface area contributed by atoms with Crippen molar-refractivity contribution in [3.05, 3.63) is 28.4 Å². The molecule has 38 heavy (non-hydrogen) atoms. The topological polar surface area (TPSA) is 118 Å². The van der Waals surface area contributed by atoms with Crippen molar-refractivity contribution in [2.75, 3.05) is 11.4 Å². The van der Waals surface area contributed by atoms with Crippen LogP contribution in [0.1, 0.15) is 79.0 Å². The molecular weight excluding hydrogens is 521 g/mol. The van der Waals surface area contributed by atoms with E-state index in [-0.39, 0.29) is 37.2 Å². The molecule has 1 saturated carbocycles. The Morgan fingerprint density at radius 2 is 1.89 bits per heavy atom. The third-order valence-electron chi connectivity index (χ3n) is 6.94. The van der Waals surface area contributed by atoms with Crippen molar-refractivity contribution in [2.45, 2.75) is 77.6 Å². The van der Waals surface area contributed by atoms with Crippen molar-refractivity contribution in [1.82, 2.24) is 35.6 Å². The lowest BCUT2D eigenvalue weighted by atomic mass is 9.87. The van der Waals surface area contributed by atoms with Crippen molar-refractivity contribution in [3.8, 4) is 0 Å². The SMILES string of the molecule is CCCc1cc2c(N3CCn4c(nnc4C(F)(F)F)C3)nc(C(=O)NNC(=O)CC3CCCCC3)nc2s1. The van der Waals surface area contributed by atoms with Gasteiger partial charge in [-0.15, -0.1) is 21.5 Å². The second-order valence-electron chi connectivity index (χ2n) is 9.77. The zero-order valence-electron chi connectivity index (χ0n) is 21.0. The van der Waals surface area contributed by atoms with Crippen molar-refractivity contribution < 1.29 is 22.8 Å². The first-order chi connectivity index (χ1) is 18.2. The van der Waals surface area contributed by atoms with Crippen LogP contribution in [-0.4, -0.2) is 43.1 Å². The number of alkyl halides is 3. The Kier molecular flexibility index (Phi) is 7.50. The number of hydrazine groups is 1. The molecule has 5 rings (SSSR count). The molecule has 3 aromatic heterocycles. The van der Waals surface area contributed by atoms with Crippen LogP contribution in [-0.2, 0) is 30.5 Å². The summed E-state index contributed by atoms with van der Waals surface area (Å²) in [5.74, 6) is -1.14. The maximum atomic E-state index is 13.3. The Labute approximate surface area is 221 Å². The number of halogens is 3. The van der Waals surface area contributed by atoms with Gasteiger partial charge < -0.3 is 9.47 Å². The Morgan fingerprint density at radius 3 is 2.63 bits per heavy atom. The average Bonchev–Trinajstić information content (AvgIpc) is 3.51. The first-order valence-corrected chi connectivity index (χ1v) is 13.7. The largest absolute Gasteiger partial charge is 0.451 e. The van der Waals surface area contributed by atoms with Crippen LogP contribution in [0, 0.1) is 5.92 Å². The van der Waals surface area contributed by atoms with Crippen molar-refractivity contribution in [2.24, 2.45) is 5.92 Å². The van der Waals surface area contributed by atoms with Crippen molar-refractivity contribution in [1.29, 1.82) is 0 Å². The molecule has 204 valence electrons. The van der Waals surface area contributed by atoms with E-state index in [1.807, 2.05) is 6.07 Å². The van der Waals surface area contributed by atoms with Crippen LogP contribution in [0.3, 0.4) is 0 Å². The van der Waals surface area contributed by atoms with Gasteiger partial charge in [0.2, 0.25) is 17.6 Å². The maximum Gasteiger partial charge on any atom is 0.451 e. The summed E-state index contributed by atoms with van der Waals surface area (Å²) < 4.78 is 40.9. The van der Waals surface area contributed by atoms with E-state index in [2.05, 4.69) is 37.9 Å². The van der Waals surface area contributed by atoms with Crippen molar-refractivity contribution in [3.63, 3.8) is 0 Å². The monoisotopic (exact) mass is 550 g/mol. The number of rotatable bonds is 6. The zero-order valence-corrected chi connectivity index (χ0v) is 21.8. The van der Waals surface area contributed by atoms with E-state index in [4.69, 9.17) is 0 Å². The third-order valence-corrected chi connectivity index (χ3v) is 8.03. The molecule has 4 heterocycles. The number of hydrogen-bond donors (Lipinski definition) is 2. The highest BCUT2D eigenvalue weighted by molar-refractivity contribution is 7.18. The zero-order chi connectivity index (χ0) is 26.9. The minimum atomic E-state index is -4.59. The summed E-state index contributed by atoms with van der Waals surface area (Å²) in [4.78, 5) is 37.7. The third kappa shape index (κ3) is 5.59. The summed E-state index contributed by atoms with van der Waals surface area (Å²) in [6.45, 7) is 2.35. The number of anilines is 1. The summed E-state index contributed by atoms with van der Waals surface area (Å²) in [6, 6.07) is 1.97. The fourth-order valence-corrected chi connectivity index (χ4v) is 6.23. The van der Waals surface area contributed by atoms with Crippen molar-refractivity contribution >= 4 is 39.2 Å². The summed E-state index contributed by atoms with van der Waals surface area (Å²) in [6.07, 6.45) is 2.95. The van der Waals surface area contributed by atoms with E-state index in [1.54, 1.807) is 4.90 Å². The number of aryl methyl sites for hydroxylation is 1. The molecule has 2 amide bonds. The van der Waals surface area contributed by atoms with Crippen LogP contribution in [0.5, 0.6) is 0 Å². The standard InChI is InChI=1S/C24H29F3N8O2S/c1-2-6-15-12-16-20(34-9-10-35-17(13-34)30-33-23(35)24(25,26)27)28-19(29-22(16)38-15)21(37)32-31-18(36)11-14-7-4-3-5-8-14/h12,14H,2-11,13H2,1H3,(H,31,36)(H,32,37). The van der Waals surface area contributed by atoms with Crippen LogP contribution in [0.4, 0.5) is 19.0 Å². The number of hydrogen-bond acceptors (Lipinski definition) is 8. The predicted octanol–water partition coefficient (Wildman–Crippen LogP) is 4.01. The molecule has 2 N–H and O–H groups in total. The van der Waals surface area contributed by atoms with Gasteiger partial charge in [-0.25, -0.2) is 9.97 Å². The molecule has 14 heteroatoms. The highest BCUT2D eigenvalue weighted by atomic mass is 32.1. The quantitative estimate of drug-likeness (QED) is 0.446. The minimum absolute atomic E-state index is 0.0212. The number of aromatic nitrogens is 5. The first kappa shape index (κ1) is 26.3. The Hall–Kier alpha value is -3.29. The second-order valence-corrected chi connectivity index (χ2v) is 10.9. The number of fused-ring (bicyclic) bond motifs is 2. The van der Waals surface area contributed by atoms with Gasteiger partial charge in [-0.2, -0.15) is 13.2 Å². The molecule has 0 aromatic carbocycles. The van der Waals surface area contributed by atoms with Gasteiger partial charge in [0.1, 0.15) is 10.6 Å². The molecule has 0 saturated heterocycles. The molecular formula is C24H29F3N8O2S. The van der Waals surface area contributed by atoms with Gasteiger partial charge in [-0.05, 0) is 31.2 Å². The summed E-state index contributed by atoms with van der Waals surface area (Å²) in [5.41, 5.74) is 4.90. The number of nitrogens with zero attached hydrogens (tertiary/aromatic N) is 6. The smallest absolute Gasteiger partial charge is 0.347 e. The molecule has 2 aliphatic rings. The molecule has 0 atom stereocenters. The van der Waals surface area contributed by atoms with Gasteiger partial charge in [0.15, 0.2) is 5.82 Å². The van der Waals surface area contributed by atoms with Crippen LogP contribution in [0.2, 0.25) is 0 Å². The minimum Gasteiger partial charge on any atom is -0.347 e. The highest BCUT2D eigenvalue weighted by Gasteiger charge is 2.40. The van der Waals surface area contributed by atoms with Crippen LogP contribution in [0.15, 0.2) is 6.07 Å². The molecule has 0 radical (unpaired) electrons. The van der Waals surface area contributed by atoms with E-state index >= 15 is 0 Å². The van der Waals surface area contributed by atoms with Crippen LogP contribution >= 0.6 is 11.3 Å². The fourth-order valence-electron chi connectivity index (χ4n) is 5.10. The molecule has 1 fully saturated rings. The van der Waals surface area contributed by atoms with E-state index in [1.165, 1.54) is 17.8 Å². The normalized spacial score (nSPS) is 16.5. The van der Waals surface area contributed by atoms with Gasteiger partial charge >= 0.3 is 12.1 Å². The number of carbonyl (C=O) groups excluding carboxylic acids is 2. The number of amides is 2. The maximum absolute atomic E-state index is 13.3. The van der Waals surface area contributed by atoms with Gasteiger partial charge in [0.05, 0.1) is 11.9 Å². The fraction of sp³-hybridized carbons (Fsp3) is 0.583. The van der Waals surface area contributed by atoms with Gasteiger partial charge in [-0.3, -0.25) is 20.4 Å². The van der Waals surface area contributed by atoms with Crippen LogP contribution in [0.25, 0.3) is 10.2 Å². The lowest BCUT2D eigenvalue weighted by molar-refractivity contribution is -0.147. The highest BCUT2D eigenvalue weighted by Crippen LogP contribution is 2.35. The lowest BCUT2D eigenvalue weighted by Crippen LogP contribution is -2.43. The second kappa shape index (κ2) is 10.8. The Bertz CT molecular complexity index is 1330. The molecule has 3 aromatic rings. The predicted molar refractivity (Wildman–Crippen MR) is 134 cm³/mol. The molecule has 1 aliphatic heterocycles. The van der Waals surface area contributed by atoms with E-state index < -0.39 is 17.9 Å². The van der Waals surface area contributed by atoms with Crippen LogP contribution < -0.4 is 15.8 Å². The number of thiophene rings is 1. The summed E-state index contributed by atoms with van der Waals surface area (Å²) >= 11 is 1.45. The Balaban J connectivity index is 1.37. The van der Waals surface area contributed by atoms with Gasteiger partial charge in [0, 0.05) is 24.4 Å². The van der Waals surface area contributed by atoms with E-state index in [0.717, 1.165) is 53.4 Å².